The smallest absolute Gasteiger partial charge is 0.128 e. The zero-order chi connectivity index (χ0) is 13.5. The normalized spacial score (nSPS) is 25.7. The molecule has 1 aromatic carbocycles. The highest BCUT2D eigenvalue weighted by atomic mass is 16.5. The number of nitrogens with zero attached hydrogens (tertiary/aromatic N) is 1. The van der Waals surface area contributed by atoms with E-state index in [0.717, 1.165) is 49.4 Å². The maximum atomic E-state index is 6.34. The van der Waals surface area contributed by atoms with Gasteiger partial charge in [-0.05, 0) is 26.0 Å². The van der Waals surface area contributed by atoms with Crippen LogP contribution in [0.3, 0.4) is 0 Å². The summed E-state index contributed by atoms with van der Waals surface area (Å²) >= 11 is 0. The lowest BCUT2D eigenvalue weighted by atomic mass is 9.81. The van der Waals surface area contributed by atoms with Crippen molar-refractivity contribution < 1.29 is 9.47 Å². The van der Waals surface area contributed by atoms with Gasteiger partial charge in [-0.1, -0.05) is 6.07 Å². The molecular formula is C15H22N2O2. The van der Waals surface area contributed by atoms with Crippen molar-refractivity contribution in [3.63, 3.8) is 0 Å². The second kappa shape index (κ2) is 4.69. The minimum Gasteiger partial charge on any atom is -0.497 e. The van der Waals surface area contributed by atoms with Crippen LogP contribution in [-0.4, -0.2) is 37.7 Å². The van der Waals surface area contributed by atoms with Gasteiger partial charge in [-0.15, -0.1) is 0 Å². The molecule has 0 unspecified atom stereocenters. The summed E-state index contributed by atoms with van der Waals surface area (Å²) in [7, 11) is 3.84. The van der Waals surface area contributed by atoms with Gasteiger partial charge in [0.05, 0.1) is 7.11 Å². The second-order valence-corrected chi connectivity index (χ2v) is 5.80. The maximum absolute atomic E-state index is 6.34. The molecule has 1 atom stereocenters. The van der Waals surface area contributed by atoms with Crippen molar-refractivity contribution in [2.45, 2.75) is 30.9 Å². The predicted molar refractivity (Wildman–Crippen MR) is 74.6 cm³/mol. The van der Waals surface area contributed by atoms with E-state index >= 15 is 0 Å². The second-order valence-electron chi connectivity index (χ2n) is 5.80. The van der Waals surface area contributed by atoms with Crippen LogP contribution in [0, 0.1) is 0 Å². The first-order valence-corrected chi connectivity index (χ1v) is 6.93. The van der Waals surface area contributed by atoms with E-state index in [9.17, 15) is 0 Å². The third kappa shape index (κ3) is 2.30. The Morgan fingerprint density at radius 1 is 1.37 bits per heavy atom. The van der Waals surface area contributed by atoms with Crippen molar-refractivity contribution >= 4 is 0 Å². The fourth-order valence-corrected chi connectivity index (χ4v) is 3.15. The Hall–Kier alpha value is -1.26. The number of ether oxygens (including phenoxy) is 2. The molecule has 2 heterocycles. The van der Waals surface area contributed by atoms with Gasteiger partial charge in [-0.3, -0.25) is 0 Å². The lowest BCUT2D eigenvalue weighted by Gasteiger charge is -2.45. The van der Waals surface area contributed by atoms with E-state index < -0.39 is 0 Å². The number of rotatable bonds is 1. The fraction of sp³-hybridized carbons (Fsp3) is 0.600. The molecule has 1 aromatic rings. The van der Waals surface area contributed by atoms with Gasteiger partial charge < -0.3 is 20.1 Å². The Morgan fingerprint density at radius 3 is 2.79 bits per heavy atom. The van der Waals surface area contributed by atoms with Crippen molar-refractivity contribution in [3.05, 3.63) is 23.8 Å². The number of hydrogen-bond donors (Lipinski definition) is 1. The first-order valence-electron chi connectivity index (χ1n) is 6.93. The van der Waals surface area contributed by atoms with Crippen LogP contribution in [0.2, 0.25) is 0 Å². The lowest BCUT2D eigenvalue weighted by molar-refractivity contribution is -0.0165. The molecule has 0 aromatic heterocycles. The number of nitrogens with two attached hydrogens (primary N) is 1. The van der Waals surface area contributed by atoms with Crippen molar-refractivity contribution in [2.24, 2.45) is 5.73 Å². The Kier molecular flexibility index (Phi) is 3.15. The third-order valence-electron chi connectivity index (χ3n) is 4.44. The van der Waals surface area contributed by atoms with Crippen LogP contribution in [0.1, 0.15) is 30.9 Å². The van der Waals surface area contributed by atoms with E-state index in [0.29, 0.717) is 0 Å². The summed E-state index contributed by atoms with van der Waals surface area (Å²) in [4.78, 5) is 2.35. The Balaban J connectivity index is 1.89. The Labute approximate surface area is 114 Å². The summed E-state index contributed by atoms with van der Waals surface area (Å²) in [5.74, 6) is 1.73. The third-order valence-corrected chi connectivity index (χ3v) is 4.44. The molecule has 104 valence electrons. The van der Waals surface area contributed by atoms with Crippen molar-refractivity contribution in [1.82, 2.24) is 4.90 Å². The van der Waals surface area contributed by atoms with Crippen molar-refractivity contribution in [1.29, 1.82) is 0 Å². The molecular weight excluding hydrogens is 240 g/mol. The molecule has 4 nitrogen and oxygen atoms in total. The molecule has 1 saturated heterocycles. The first-order chi connectivity index (χ1) is 9.12. The van der Waals surface area contributed by atoms with Crippen LogP contribution >= 0.6 is 0 Å². The molecule has 2 aliphatic heterocycles. The van der Waals surface area contributed by atoms with E-state index in [4.69, 9.17) is 15.2 Å². The van der Waals surface area contributed by atoms with E-state index in [-0.39, 0.29) is 11.6 Å². The molecule has 0 amide bonds. The van der Waals surface area contributed by atoms with E-state index in [1.807, 2.05) is 18.2 Å². The van der Waals surface area contributed by atoms with E-state index in [1.165, 1.54) is 0 Å². The molecule has 1 fully saturated rings. The highest BCUT2D eigenvalue weighted by molar-refractivity contribution is 5.44. The lowest BCUT2D eigenvalue weighted by Crippen LogP contribution is -2.50. The van der Waals surface area contributed by atoms with Gasteiger partial charge in [0, 0.05) is 37.2 Å². The topological polar surface area (TPSA) is 47.7 Å². The summed E-state index contributed by atoms with van der Waals surface area (Å²) in [6, 6.07) is 6.02. The zero-order valence-electron chi connectivity index (χ0n) is 11.7. The number of piperidine rings is 1. The van der Waals surface area contributed by atoms with Crippen LogP contribution in [0.25, 0.3) is 0 Å². The molecule has 0 bridgehead atoms. The van der Waals surface area contributed by atoms with Crippen molar-refractivity contribution in [2.75, 3.05) is 27.2 Å². The van der Waals surface area contributed by atoms with Gasteiger partial charge in [-0.25, -0.2) is 0 Å². The molecule has 2 N–H and O–H groups in total. The van der Waals surface area contributed by atoms with Gasteiger partial charge in [-0.2, -0.15) is 0 Å². The number of hydrogen-bond acceptors (Lipinski definition) is 4. The minimum absolute atomic E-state index is 0.0677. The first kappa shape index (κ1) is 12.8. The SMILES string of the molecule is COc1ccc2c(c1)OC1(CCN(C)CC1)C[C@@H]2N. The van der Waals surface area contributed by atoms with Gasteiger partial charge in [0.25, 0.3) is 0 Å². The van der Waals surface area contributed by atoms with Crippen LogP contribution < -0.4 is 15.2 Å². The summed E-state index contributed by atoms with van der Waals surface area (Å²) in [5.41, 5.74) is 7.37. The van der Waals surface area contributed by atoms with Crippen LogP contribution in [0.4, 0.5) is 0 Å². The van der Waals surface area contributed by atoms with Gasteiger partial charge in [0.15, 0.2) is 0 Å². The zero-order valence-corrected chi connectivity index (χ0v) is 11.7. The maximum Gasteiger partial charge on any atom is 0.128 e. The largest absolute Gasteiger partial charge is 0.497 e. The Bertz CT molecular complexity index is 467. The summed E-state index contributed by atoms with van der Waals surface area (Å²) in [6.45, 7) is 2.15. The number of fused-ring (bicyclic) bond motifs is 1. The summed E-state index contributed by atoms with van der Waals surface area (Å²) in [6.07, 6.45) is 3.02. The number of methoxy groups -OCH3 is 1. The number of likely N-dealkylation sites (tertiary alicyclic amines) is 1. The van der Waals surface area contributed by atoms with Gasteiger partial charge >= 0.3 is 0 Å². The molecule has 2 aliphatic rings. The average molecular weight is 262 g/mol. The molecule has 0 radical (unpaired) electrons. The summed E-state index contributed by atoms with van der Waals surface area (Å²) in [5, 5.41) is 0. The summed E-state index contributed by atoms with van der Waals surface area (Å²) < 4.78 is 11.6. The highest BCUT2D eigenvalue weighted by Gasteiger charge is 2.41. The van der Waals surface area contributed by atoms with Gasteiger partial charge in [0.2, 0.25) is 0 Å². The monoisotopic (exact) mass is 262 g/mol. The molecule has 0 saturated carbocycles. The predicted octanol–water partition coefficient (Wildman–Crippen LogP) is 1.94. The molecule has 3 rings (SSSR count). The molecule has 1 spiro atoms. The quantitative estimate of drug-likeness (QED) is 0.840. The fourth-order valence-electron chi connectivity index (χ4n) is 3.15. The van der Waals surface area contributed by atoms with Gasteiger partial charge in [0.1, 0.15) is 17.1 Å². The van der Waals surface area contributed by atoms with E-state index in [2.05, 4.69) is 11.9 Å². The molecule has 4 heteroatoms. The molecule has 0 aliphatic carbocycles. The van der Waals surface area contributed by atoms with Crippen molar-refractivity contribution in [3.8, 4) is 11.5 Å². The Morgan fingerprint density at radius 2 is 2.11 bits per heavy atom. The average Bonchev–Trinajstić information content (AvgIpc) is 2.42. The van der Waals surface area contributed by atoms with Crippen LogP contribution in [-0.2, 0) is 0 Å². The van der Waals surface area contributed by atoms with Crippen LogP contribution in [0.15, 0.2) is 18.2 Å². The standard InChI is InChI=1S/C15H22N2O2/c1-17-7-5-15(6-8-17)10-13(16)12-4-3-11(18-2)9-14(12)19-15/h3-4,9,13H,5-8,10,16H2,1-2H3/t13-/m0/s1. The minimum atomic E-state index is -0.0781. The number of benzene rings is 1. The molecule has 19 heavy (non-hydrogen) atoms. The van der Waals surface area contributed by atoms with Crippen LogP contribution in [0.5, 0.6) is 11.5 Å². The highest BCUT2D eigenvalue weighted by Crippen LogP contribution is 2.44. The van der Waals surface area contributed by atoms with E-state index in [1.54, 1.807) is 7.11 Å².